The Labute approximate surface area is 92.9 Å². The highest BCUT2D eigenvalue weighted by molar-refractivity contribution is 5.35. The molecule has 2 rings (SSSR count). The highest BCUT2D eigenvalue weighted by Gasteiger charge is 2.52. The van der Waals surface area contributed by atoms with Crippen molar-refractivity contribution >= 4 is 0 Å². The molecule has 0 radical (unpaired) electrons. The molecule has 0 aromatic heterocycles. The molecule has 0 heterocycles. The van der Waals surface area contributed by atoms with Gasteiger partial charge < -0.3 is 5.32 Å². The van der Waals surface area contributed by atoms with E-state index in [0.29, 0.717) is 5.41 Å². The zero-order valence-corrected chi connectivity index (χ0v) is 10.0. The summed E-state index contributed by atoms with van der Waals surface area (Å²) in [6.07, 6.45) is 2.62. The maximum atomic E-state index is 3.30. The lowest BCUT2D eigenvalue weighted by atomic mass is 9.90. The van der Waals surface area contributed by atoms with E-state index >= 15 is 0 Å². The standard InChI is InChI=1S/C14H21N/c1-4-14(9-13(14)10-15-3)12-7-5-11(2)6-8-12/h5-8,13,15H,4,9-10H2,1-3H3. The number of nitrogens with one attached hydrogen (secondary N) is 1. The summed E-state index contributed by atoms with van der Waals surface area (Å²) in [5.74, 6) is 0.843. The van der Waals surface area contributed by atoms with E-state index in [9.17, 15) is 0 Å². The zero-order valence-electron chi connectivity index (χ0n) is 10.0. The van der Waals surface area contributed by atoms with Gasteiger partial charge >= 0.3 is 0 Å². The van der Waals surface area contributed by atoms with Gasteiger partial charge in [-0.2, -0.15) is 0 Å². The van der Waals surface area contributed by atoms with Gasteiger partial charge in [0.1, 0.15) is 0 Å². The summed E-state index contributed by atoms with van der Waals surface area (Å²) in [7, 11) is 2.05. The van der Waals surface area contributed by atoms with Crippen molar-refractivity contribution in [2.45, 2.75) is 32.1 Å². The van der Waals surface area contributed by atoms with Crippen molar-refractivity contribution < 1.29 is 0 Å². The van der Waals surface area contributed by atoms with E-state index in [4.69, 9.17) is 0 Å². The summed E-state index contributed by atoms with van der Waals surface area (Å²) in [6, 6.07) is 9.10. The first kappa shape index (κ1) is 10.7. The molecule has 82 valence electrons. The Morgan fingerprint density at radius 2 is 2.00 bits per heavy atom. The van der Waals surface area contributed by atoms with Crippen LogP contribution >= 0.6 is 0 Å². The van der Waals surface area contributed by atoms with Crippen LogP contribution in [0.25, 0.3) is 0 Å². The molecule has 1 aromatic carbocycles. The molecule has 2 unspecified atom stereocenters. The molecule has 1 fully saturated rings. The third-order valence-electron chi connectivity index (χ3n) is 3.94. The van der Waals surface area contributed by atoms with Gasteiger partial charge in [0.25, 0.3) is 0 Å². The Morgan fingerprint density at radius 1 is 1.33 bits per heavy atom. The van der Waals surface area contributed by atoms with Crippen LogP contribution in [-0.2, 0) is 5.41 Å². The lowest BCUT2D eigenvalue weighted by Crippen LogP contribution is -2.17. The number of hydrogen-bond acceptors (Lipinski definition) is 1. The lowest BCUT2D eigenvalue weighted by molar-refractivity contribution is 0.560. The van der Waals surface area contributed by atoms with Crippen LogP contribution in [0.3, 0.4) is 0 Å². The van der Waals surface area contributed by atoms with E-state index in [1.165, 1.54) is 24.0 Å². The minimum Gasteiger partial charge on any atom is -0.319 e. The molecular weight excluding hydrogens is 182 g/mol. The van der Waals surface area contributed by atoms with Crippen molar-refractivity contribution in [3.05, 3.63) is 35.4 Å². The van der Waals surface area contributed by atoms with E-state index in [1.54, 1.807) is 0 Å². The van der Waals surface area contributed by atoms with Crippen molar-refractivity contribution in [1.29, 1.82) is 0 Å². The van der Waals surface area contributed by atoms with Gasteiger partial charge in [0.15, 0.2) is 0 Å². The highest BCUT2D eigenvalue weighted by Crippen LogP contribution is 2.56. The second-order valence-corrected chi connectivity index (χ2v) is 4.83. The maximum Gasteiger partial charge on any atom is -0.000554 e. The van der Waals surface area contributed by atoms with Gasteiger partial charge in [0.2, 0.25) is 0 Å². The highest BCUT2D eigenvalue weighted by atomic mass is 14.8. The Morgan fingerprint density at radius 3 is 2.53 bits per heavy atom. The van der Waals surface area contributed by atoms with Gasteiger partial charge in [0.05, 0.1) is 0 Å². The van der Waals surface area contributed by atoms with E-state index in [1.807, 2.05) is 7.05 Å². The van der Waals surface area contributed by atoms with E-state index < -0.39 is 0 Å². The van der Waals surface area contributed by atoms with Crippen molar-refractivity contribution in [3.63, 3.8) is 0 Å². The fourth-order valence-corrected chi connectivity index (χ4v) is 2.77. The minimum absolute atomic E-state index is 0.483. The summed E-state index contributed by atoms with van der Waals surface area (Å²) in [5, 5.41) is 3.30. The fraction of sp³-hybridized carbons (Fsp3) is 0.571. The van der Waals surface area contributed by atoms with E-state index in [0.717, 1.165) is 12.5 Å². The fourth-order valence-electron chi connectivity index (χ4n) is 2.77. The first-order valence-corrected chi connectivity index (χ1v) is 5.94. The van der Waals surface area contributed by atoms with Crippen LogP contribution in [0.4, 0.5) is 0 Å². The Bertz CT molecular complexity index is 328. The molecule has 1 N–H and O–H groups in total. The molecule has 1 aliphatic rings. The Balaban J connectivity index is 2.18. The summed E-state index contributed by atoms with van der Waals surface area (Å²) in [5.41, 5.74) is 3.38. The molecule has 1 heteroatoms. The molecule has 1 nitrogen and oxygen atoms in total. The van der Waals surface area contributed by atoms with E-state index in [2.05, 4.69) is 43.4 Å². The molecule has 0 aliphatic heterocycles. The average molecular weight is 203 g/mol. The minimum atomic E-state index is 0.483. The predicted molar refractivity (Wildman–Crippen MR) is 65.2 cm³/mol. The summed E-state index contributed by atoms with van der Waals surface area (Å²) in [6.45, 7) is 5.62. The molecule has 0 bridgehead atoms. The molecule has 1 saturated carbocycles. The molecule has 1 aromatic rings. The largest absolute Gasteiger partial charge is 0.319 e. The van der Waals surface area contributed by atoms with Gasteiger partial charge in [-0.15, -0.1) is 0 Å². The first-order chi connectivity index (χ1) is 7.23. The zero-order chi connectivity index (χ0) is 10.9. The first-order valence-electron chi connectivity index (χ1n) is 5.94. The second-order valence-electron chi connectivity index (χ2n) is 4.83. The third-order valence-corrected chi connectivity index (χ3v) is 3.94. The SMILES string of the molecule is CCC1(c2ccc(C)cc2)CC1CNC. The van der Waals surface area contributed by atoms with Gasteiger partial charge in [-0.1, -0.05) is 36.8 Å². The summed E-state index contributed by atoms with van der Waals surface area (Å²) in [4.78, 5) is 0. The number of benzene rings is 1. The number of hydrogen-bond donors (Lipinski definition) is 1. The Hall–Kier alpha value is -0.820. The van der Waals surface area contributed by atoms with Crippen LogP contribution < -0.4 is 5.32 Å². The number of aryl methyl sites for hydroxylation is 1. The number of rotatable bonds is 4. The monoisotopic (exact) mass is 203 g/mol. The van der Waals surface area contributed by atoms with Crippen LogP contribution in [0.5, 0.6) is 0 Å². The van der Waals surface area contributed by atoms with Crippen LogP contribution in [0.2, 0.25) is 0 Å². The topological polar surface area (TPSA) is 12.0 Å². The van der Waals surface area contributed by atoms with Gasteiger partial charge in [0, 0.05) is 0 Å². The van der Waals surface area contributed by atoms with Crippen LogP contribution in [0.15, 0.2) is 24.3 Å². The normalized spacial score (nSPS) is 29.1. The summed E-state index contributed by atoms with van der Waals surface area (Å²) < 4.78 is 0. The molecular formula is C14H21N. The quantitative estimate of drug-likeness (QED) is 0.793. The molecule has 1 aliphatic carbocycles. The average Bonchev–Trinajstić information content (AvgIpc) is 2.95. The summed E-state index contributed by atoms with van der Waals surface area (Å²) >= 11 is 0. The van der Waals surface area contributed by atoms with Crippen molar-refractivity contribution in [2.75, 3.05) is 13.6 Å². The van der Waals surface area contributed by atoms with Crippen molar-refractivity contribution in [1.82, 2.24) is 5.32 Å². The van der Waals surface area contributed by atoms with Crippen molar-refractivity contribution in [3.8, 4) is 0 Å². The Kier molecular flexibility index (Phi) is 2.83. The van der Waals surface area contributed by atoms with Crippen LogP contribution in [0, 0.1) is 12.8 Å². The molecule has 0 saturated heterocycles. The van der Waals surface area contributed by atoms with Gasteiger partial charge in [-0.25, -0.2) is 0 Å². The molecule has 0 spiro atoms. The van der Waals surface area contributed by atoms with Crippen LogP contribution in [-0.4, -0.2) is 13.6 Å². The molecule has 0 amide bonds. The van der Waals surface area contributed by atoms with Crippen LogP contribution in [0.1, 0.15) is 30.9 Å². The molecule has 2 atom stereocenters. The van der Waals surface area contributed by atoms with E-state index in [-0.39, 0.29) is 0 Å². The predicted octanol–water partition coefficient (Wildman–Crippen LogP) is 2.88. The smallest absolute Gasteiger partial charge is 0.000554 e. The maximum absolute atomic E-state index is 3.30. The van der Waals surface area contributed by atoms with Crippen molar-refractivity contribution in [2.24, 2.45) is 5.92 Å². The van der Waals surface area contributed by atoms with Gasteiger partial charge in [-0.3, -0.25) is 0 Å². The third kappa shape index (κ3) is 1.81. The van der Waals surface area contributed by atoms with Gasteiger partial charge in [-0.05, 0) is 50.3 Å². The molecule has 15 heavy (non-hydrogen) atoms. The lowest BCUT2D eigenvalue weighted by Gasteiger charge is -2.16. The second kappa shape index (κ2) is 3.97.